The molecule has 0 spiro atoms. The monoisotopic (exact) mass is 204 g/mol. The molecule has 1 aromatic rings. The average molecular weight is 204 g/mol. The Kier molecular flexibility index (Phi) is 4.56. The fraction of sp³-hybridized carbons (Fsp3) is 0.385. The second kappa shape index (κ2) is 5.98. The maximum absolute atomic E-state index is 5.35. The van der Waals surface area contributed by atoms with Crippen LogP contribution in [0.25, 0.3) is 0 Å². The summed E-state index contributed by atoms with van der Waals surface area (Å²) in [5.41, 5.74) is 1.25. The number of ether oxygens (including phenoxy) is 2. The lowest BCUT2D eigenvalue weighted by Gasteiger charge is -2.10. The molecule has 80 valence electrons. The quantitative estimate of drug-likeness (QED) is 0.686. The summed E-state index contributed by atoms with van der Waals surface area (Å²) in [5.74, 6) is 3.88. The van der Waals surface area contributed by atoms with E-state index < -0.39 is 0 Å². The van der Waals surface area contributed by atoms with Gasteiger partial charge in [0.2, 0.25) is 0 Å². The number of rotatable bonds is 5. The Morgan fingerprint density at radius 3 is 2.73 bits per heavy atom. The van der Waals surface area contributed by atoms with Crippen molar-refractivity contribution in [1.29, 1.82) is 0 Å². The van der Waals surface area contributed by atoms with Crippen LogP contribution in [0.4, 0.5) is 0 Å². The number of methoxy groups -OCH3 is 1. The average Bonchev–Trinajstić information content (AvgIpc) is 2.27. The molecule has 0 amide bonds. The molecule has 0 aliphatic heterocycles. The summed E-state index contributed by atoms with van der Waals surface area (Å²) >= 11 is 0. The molecular formula is C13H16O2. The lowest BCUT2D eigenvalue weighted by molar-refractivity contribution is 0.330. The van der Waals surface area contributed by atoms with E-state index >= 15 is 0 Å². The molecule has 2 nitrogen and oxygen atoms in total. The molecular weight excluding hydrogens is 188 g/mol. The van der Waals surface area contributed by atoms with Crippen LogP contribution >= 0.6 is 0 Å². The van der Waals surface area contributed by atoms with Crippen molar-refractivity contribution < 1.29 is 9.47 Å². The Hall–Kier alpha value is -1.62. The summed E-state index contributed by atoms with van der Waals surface area (Å²) in [5, 5.41) is 0. The van der Waals surface area contributed by atoms with Gasteiger partial charge in [0.15, 0.2) is 11.5 Å². The molecule has 2 heteroatoms. The highest BCUT2D eigenvalue weighted by atomic mass is 16.5. The number of terminal acetylenes is 1. The minimum Gasteiger partial charge on any atom is -0.493 e. The van der Waals surface area contributed by atoms with E-state index in [-0.39, 0.29) is 6.61 Å². The summed E-state index contributed by atoms with van der Waals surface area (Å²) in [6, 6.07) is 5.94. The molecule has 0 saturated heterocycles. The first-order chi connectivity index (χ1) is 7.31. The van der Waals surface area contributed by atoms with Gasteiger partial charge in [0, 0.05) is 0 Å². The molecule has 0 fully saturated rings. The summed E-state index contributed by atoms with van der Waals surface area (Å²) in [7, 11) is 1.63. The molecule has 0 aromatic heterocycles. The highest BCUT2D eigenvalue weighted by Crippen LogP contribution is 2.28. The van der Waals surface area contributed by atoms with E-state index in [1.54, 1.807) is 7.11 Å². The normalized spacial score (nSPS) is 9.40. The van der Waals surface area contributed by atoms with Crippen LogP contribution < -0.4 is 9.47 Å². The highest BCUT2D eigenvalue weighted by Gasteiger charge is 2.04. The molecule has 0 bridgehead atoms. The van der Waals surface area contributed by atoms with Crippen molar-refractivity contribution in [2.24, 2.45) is 0 Å². The lowest BCUT2D eigenvalue weighted by Crippen LogP contribution is -1.97. The zero-order valence-corrected chi connectivity index (χ0v) is 9.25. The van der Waals surface area contributed by atoms with Gasteiger partial charge in [-0.15, -0.1) is 6.42 Å². The molecule has 0 radical (unpaired) electrons. The SMILES string of the molecule is C#CCOc1ccc(CCC)cc1OC. The summed E-state index contributed by atoms with van der Waals surface area (Å²) in [6.45, 7) is 2.42. The van der Waals surface area contributed by atoms with Crippen LogP contribution in [0, 0.1) is 12.3 Å². The standard InChI is InChI=1S/C13H16O2/c1-4-6-11-7-8-12(15-9-5-2)13(10-11)14-3/h2,7-8,10H,4,6,9H2,1,3H3. The molecule has 0 saturated carbocycles. The van der Waals surface area contributed by atoms with Crippen molar-refractivity contribution in [2.45, 2.75) is 19.8 Å². The summed E-state index contributed by atoms with van der Waals surface area (Å²) < 4.78 is 10.6. The van der Waals surface area contributed by atoms with Gasteiger partial charge in [-0.05, 0) is 24.1 Å². The van der Waals surface area contributed by atoms with E-state index in [0.29, 0.717) is 5.75 Å². The predicted octanol–water partition coefficient (Wildman–Crippen LogP) is 2.66. The first-order valence-corrected chi connectivity index (χ1v) is 5.05. The fourth-order valence-corrected chi connectivity index (χ4v) is 1.39. The zero-order valence-electron chi connectivity index (χ0n) is 9.25. The van der Waals surface area contributed by atoms with Crippen LogP contribution in [-0.4, -0.2) is 13.7 Å². The summed E-state index contributed by atoms with van der Waals surface area (Å²) in [6.07, 6.45) is 7.30. The van der Waals surface area contributed by atoms with Crippen molar-refractivity contribution in [1.82, 2.24) is 0 Å². The maximum atomic E-state index is 5.35. The second-order valence-electron chi connectivity index (χ2n) is 3.23. The Bertz CT molecular complexity index is 350. The first-order valence-electron chi connectivity index (χ1n) is 5.05. The van der Waals surface area contributed by atoms with E-state index in [1.165, 1.54) is 5.56 Å². The number of hydrogen-bond acceptors (Lipinski definition) is 2. The van der Waals surface area contributed by atoms with E-state index in [9.17, 15) is 0 Å². The van der Waals surface area contributed by atoms with E-state index in [1.807, 2.05) is 18.2 Å². The van der Waals surface area contributed by atoms with E-state index in [0.717, 1.165) is 18.6 Å². The molecule has 0 atom stereocenters. The highest BCUT2D eigenvalue weighted by molar-refractivity contribution is 5.43. The Balaban J connectivity index is 2.84. The van der Waals surface area contributed by atoms with Gasteiger partial charge in [-0.3, -0.25) is 0 Å². The Labute approximate surface area is 91.2 Å². The smallest absolute Gasteiger partial charge is 0.162 e. The lowest BCUT2D eigenvalue weighted by atomic mass is 10.1. The van der Waals surface area contributed by atoms with Gasteiger partial charge in [0.1, 0.15) is 6.61 Å². The second-order valence-corrected chi connectivity index (χ2v) is 3.23. The largest absolute Gasteiger partial charge is 0.493 e. The molecule has 1 rings (SSSR count). The predicted molar refractivity (Wildman–Crippen MR) is 61.3 cm³/mol. The van der Waals surface area contributed by atoms with Gasteiger partial charge in [0.05, 0.1) is 7.11 Å². The minimum atomic E-state index is 0.267. The van der Waals surface area contributed by atoms with Gasteiger partial charge in [-0.25, -0.2) is 0 Å². The van der Waals surface area contributed by atoms with Crippen molar-refractivity contribution >= 4 is 0 Å². The molecule has 0 unspecified atom stereocenters. The molecule has 0 aliphatic rings. The Morgan fingerprint density at radius 2 is 2.13 bits per heavy atom. The van der Waals surface area contributed by atoms with Gasteiger partial charge < -0.3 is 9.47 Å². The number of aryl methyl sites for hydroxylation is 1. The molecule has 0 heterocycles. The van der Waals surface area contributed by atoms with E-state index in [2.05, 4.69) is 12.8 Å². The number of benzene rings is 1. The molecule has 15 heavy (non-hydrogen) atoms. The fourth-order valence-electron chi connectivity index (χ4n) is 1.39. The third-order valence-electron chi connectivity index (χ3n) is 2.08. The summed E-state index contributed by atoms with van der Waals surface area (Å²) in [4.78, 5) is 0. The molecule has 0 N–H and O–H groups in total. The van der Waals surface area contributed by atoms with Gasteiger partial charge in [0.25, 0.3) is 0 Å². The van der Waals surface area contributed by atoms with Crippen LogP contribution in [-0.2, 0) is 6.42 Å². The van der Waals surface area contributed by atoms with Crippen LogP contribution in [0.5, 0.6) is 11.5 Å². The Morgan fingerprint density at radius 1 is 1.33 bits per heavy atom. The topological polar surface area (TPSA) is 18.5 Å². The van der Waals surface area contributed by atoms with Gasteiger partial charge in [-0.2, -0.15) is 0 Å². The zero-order chi connectivity index (χ0) is 11.1. The van der Waals surface area contributed by atoms with Crippen LogP contribution in [0.2, 0.25) is 0 Å². The van der Waals surface area contributed by atoms with Crippen LogP contribution in [0.1, 0.15) is 18.9 Å². The van der Waals surface area contributed by atoms with Crippen molar-refractivity contribution in [3.05, 3.63) is 23.8 Å². The minimum absolute atomic E-state index is 0.267. The third kappa shape index (κ3) is 3.21. The van der Waals surface area contributed by atoms with Crippen molar-refractivity contribution in [2.75, 3.05) is 13.7 Å². The van der Waals surface area contributed by atoms with Crippen molar-refractivity contribution in [3.63, 3.8) is 0 Å². The first kappa shape index (κ1) is 11.5. The van der Waals surface area contributed by atoms with Crippen molar-refractivity contribution in [3.8, 4) is 23.8 Å². The van der Waals surface area contributed by atoms with Crippen LogP contribution in [0.15, 0.2) is 18.2 Å². The molecule has 0 aliphatic carbocycles. The van der Waals surface area contributed by atoms with Crippen LogP contribution in [0.3, 0.4) is 0 Å². The van der Waals surface area contributed by atoms with Gasteiger partial charge in [-0.1, -0.05) is 25.3 Å². The maximum Gasteiger partial charge on any atom is 0.162 e. The number of hydrogen-bond donors (Lipinski definition) is 0. The third-order valence-corrected chi connectivity index (χ3v) is 2.08. The molecule has 1 aromatic carbocycles. The van der Waals surface area contributed by atoms with E-state index in [4.69, 9.17) is 15.9 Å². The van der Waals surface area contributed by atoms with Gasteiger partial charge >= 0.3 is 0 Å².